The molecule has 0 aliphatic heterocycles. The van der Waals surface area contributed by atoms with Crippen LogP contribution in [0.5, 0.6) is 0 Å². The summed E-state index contributed by atoms with van der Waals surface area (Å²) in [5.41, 5.74) is -5.43. The Morgan fingerprint density at radius 2 is 1.65 bits per heavy atom. The van der Waals surface area contributed by atoms with Gasteiger partial charge in [-0.2, -0.15) is 0 Å². The van der Waals surface area contributed by atoms with Crippen LogP contribution in [0.2, 0.25) is 0 Å². The quantitative estimate of drug-likeness (QED) is 0.265. The lowest BCUT2D eigenvalue weighted by Gasteiger charge is -2.64. The topological polar surface area (TPSA) is 138 Å². The minimum atomic E-state index is -1.99. The van der Waals surface area contributed by atoms with Crippen LogP contribution in [0, 0.1) is 39.4 Å². The van der Waals surface area contributed by atoms with Crippen molar-refractivity contribution >= 4 is 23.3 Å². The van der Waals surface area contributed by atoms with Gasteiger partial charge in [0.25, 0.3) is 0 Å². The van der Waals surface area contributed by atoms with Crippen LogP contribution in [-0.2, 0) is 23.9 Å². The number of fused-ring (bicyclic) bond motifs is 5. The number of aliphatic hydroxyl groups is 3. The van der Waals surface area contributed by atoms with Crippen molar-refractivity contribution in [2.75, 3.05) is 0 Å². The minimum Gasteiger partial charge on any atom is -0.456 e. The summed E-state index contributed by atoms with van der Waals surface area (Å²) in [6.45, 7) is 15.4. The summed E-state index contributed by atoms with van der Waals surface area (Å²) in [5.74, 6) is -2.85. The first kappa shape index (κ1) is 30.8. The maximum atomic E-state index is 14.3. The molecule has 9 atom stereocenters. The molecule has 40 heavy (non-hydrogen) atoms. The Morgan fingerprint density at radius 3 is 2.23 bits per heavy atom. The molecule has 0 aromatic carbocycles. The largest absolute Gasteiger partial charge is 0.456 e. The van der Waals surface area contributed by atoms with Crippen molar-refractivity contribution in [1.29, 1.82) is 0 Å². The van der Waals surface area contributed by atoms with E-state index in [4.69, 9.17) is 4.74 Å². The van der Waals surface area contributed by atoms with Crippen LogP contribution in [0.1, 0.15) is 88.0 Å². The van der Waals surface area contributed by atoms with E-state index >= 15 is 0 Å². The minimum absolute atomic E-state index is 0.0284. The van der Waals surface area contributed by atoms with Crippen molar-refractivity contribution in [3.63, 3.8) is 0 Å². The number of hydrogen-bond acceptors (Lipinski definition) is 8. The number of ether oxygens (including phenoxy) is 1. The predicted octanol–water partition coefficient (Wildman–Crippen LogP) is 3.50. The van der Waals surface area contributed by atoms with Crippen LogP contribution in [0.3, 0.4) is 0 Å². The second-order valence-electron chi connectivity index (χ2n) is 14.8. The number of aliphatic hydroxyl groups excluding tert-OH is 2. The highest BCUT2D eigenvalue weighted by Crippen LogP contribution is 2.74. The maximum Gasteiger partial charge on any atom is 0.303 e. The van der Waals surface area contributed by atoms with Gasteiger partial charge in [-0.05, 0) is 88.7 Å². The molecule has 4 rings (SSSR count). The molecule has 3 N–H and O–H groups in total. The molecule has 0 aromatic rings. The molecule has 4 aliphatic carbocycles. The molecule has 8 heteroatoms. The second-order valence-corrected chi connectivity index (χ2v) is 14.8. The van der Waals surface area contributed by atoms with Gasteiger partial charge >= 0.3 is 5.97 Å². The average molecular weight is 559 g/mol. The van der Waals surface area contributed by atoms with Gasteiger partial charge in [0.1, 0.15) is 23.1 Å². The third kappa shape index (κ3) is 4.11. The Hall–Kier alpha value is -2.16. The zero-order valence-corrected chi connectivity index (χ0v) is 25.3. The molecule has 0 radical (unpaired) electrons. The molecule has 0 heterocycles. The summed E-state index contributed by atoms with van der Waals surface area (Å²) in [7, 11) is 0. The van der Waals surface area contributed by atoms with Crippen LogP contribution < -0.4 is 0 Å². The fraction of sp³-hybridized carbons (Fsp3) is 0.750. The maximum absolute atomic E-state index is 14.3. The SMILES string of the molecule is CC(=O)OC(C)(C)/C=C/C(=O)[C@](C)(O)[C@H]1[C@H](O)C[C@@]2(C)[C@@H]3CC=C4[C@@H](C[C@H](O)C(=O)C4(C)C)C3(C)C(=O)C[C@]12C. The van der Waals surface area contributed by atoms with Gasteiger partial charge in [-0.1, -0.05) is 32.4 Å². The third-order valence-electron chi connectivity index (χ3n) is 11.5. The van der Waals surface area contributed by atoms with Crippen LogP contribution >= 0.6 is 0 Å². The van der Waals surface area contributed by atoms with Crippen molar-refractivity contribution in [1.82, 2.24) is 0 Å². The summed E-state index contributed by atoms with van der Waals surface area (Å²) in [6.07, 6.45) is 3.55. The number of allylic oxidation sites excluding steroid dienone is 2. The Morgan fingerprint density at radius 1 is 1.05 bits per heavy atom. The van der Waals surface area contributed by atoms with Gasteiger partial charge in [0.15, 0.2) is 11.6 Å². The highest BCUT2D eigenvalue weighted by atomic mass is 16.6. The molecule has 0 saturated heterocycles. The Balaban J connectivity index is 1.75. The number of carbonyl (C=O) groups is 4. The molecule has 0 aromatic heterocycles. The highest BCUT2D eigenvalue weighted by molar-refractivity contribution is 5.98. The zero-order chi connectivity index (χ0) is 30.4. The first-order valence-corrected chi connectivity index (χ1v) is 14.4. The van der Waals surface area contributed by atoms with Gasteiger partial charge in [-0.25, -0.2) is 0 Å². The number of Topliss-reactive ketones (excluding diaryl/α,β-unsaturated/α-hetero) is 2. The molecule has 0 spiro atoms. The summed E-state index contributed by atoms with van der Waals surface area (Å²) >= 11 is 0. The van der Waals surface area contributed by atoms with Crippen molar-refractivity contribution < 1.29 is 39.2 Å². The van der Waals surface area contributed by atoms with E-state index in [2.05, 4.69) is 13.0 Å². The summed E-state index contributed by atoms with van der Waals surface area (Å²) in [6, 6.07) is 0. The molecule has 1 unspecified atom stereocenters. The molecule has 8 nitrogen and oxygen atoms in total. The number of esters is 1. The Bertz CT molecular complexity index is 1210. The number of rotatable bonds is 5. The van der Waals surface area contributed by atoms with Crippen molar-refractivity contribution in [2.45, 2.75) is 111 Å². The lowest BCUT2D eigenvalue weighted by molar-refractivity contribution is -0.183. The lowest BCUT2D eigenvalue weighted by Crippen LogP contribution is -2.65. The number of hydrogen-bond donors (Lipinski definition) is 3. The van der Waals surface area contributed by atoms with Gasteiger partial charge in [0.2, 0.25) is 0 Å². The number of ketones is 3. The fourth-order valence-corrected chi connectivity index (χ4v) is 9.40. The van der Waals surface area contributed by atoms with E-state index < -0.39 is 62.7 Å². The molecular formula is C32H46O8. The van der Waals surface area contributed by atoms with Crippen molar-refractivity contribution in [2.24, 2.45) is 39.4 Å². The molecule has 0 amide bonds. The first-order valence-electron chi connectivity index (χ1n) is 14.4. The van der Waals surface area contributed by atoms with E-state index in [1.165, 1.54) is 26.0 Å². The average Bonchev–Trinajstić information content (AvgIpc) is 3.01. The van der Waals surface area contributed by atoms with Crippen molar-refractivity contribution in [3.8, 4) is 0 Å². The van der Waals surface area contributed by atoms with E-state index in [9.17, 15) is 34.5 Å². The molecular weight excluding hydrogens is 512 g/mol. The van der Waals surface area contributed by atoms with Crippen LogP contribution in [0.4, 0.5) is 0 Å². The molecule has 0 bridgehead atoms. The summed E-state index contributed by atoms with van der Waals surface area (Å²) < 4.78 is 5.23. The van der Waals surface area contributed by atoms with E-state index in [1.54, 1.807) is 13.8 Å². The molecule has 222 valence electrons. The van der Waals surface area contributed by atoms with Gasteiger partial charge in [0, 0.05) is 30.1 Å². The van der Waals surface area contributed by atoms with Gasteiger partial charge in [-0.3, -0.25) is 19.2 Å². The Labute approximate surface area is 237 Å². The van der Waals surface area contributed by atoms with E-state index in [0.29, 0.717) is 12.8 Å². The van der Waals surface area contributed by atoms with Crippen LogP contribution in [0.25, 0.3) is 0 Å². The molecule has 3 fully saturated rings. The molecule has 4 aliphatic rings. The first-order chi connectivity index (χ1) is 18.1. The molecule has 3 saturated carbocycles. The van der Waals surface area contributed by atoms with E-state index in [0.717, 1.165) is 5.57 Å². The third-order valence-corrected chi connectivity index (χ3v) is 11.5. The summed E-state index contributed by atoms with van der Waals surface area (Å²) in [5, 5.41) is 34.0. The smallest absolute Gasteiger partial charge is 0.303 e. The van der Waals surface area contributed by atoms with E-state index in [-0.39, 0.29) is 36.2 Å². The zero-order valence-electron chi connectivity index (χ0n) is 25.3. The normalized spacial score (nSPS) is 42.4. The summed E-state index contributed by atoms with van der Waals surface area (Å²) in [4.78, 5) is 52.1. The predicted molar refractivity (Wildman–Crippen MR) is 148 cm³/mol. The van der Waals surface area contributed by atoms with Gasteiger partial charge in [-0.15, -0.1) is 0 Å². The monoisotopic (exact) mass is 558 g/mol. The number of carbonyl (C=O) groups excluding carboxylic acids is 4. The Kier molecular flexibility index (Phi) is 7.06. The second kappa shape index (κ2) is 9.17. The van der Waals surface area contributed by atoms with Crippen molar-refractivity contribution in [3.05, 3.63) is 23.8 Å². The van der Waals surface area contributed by atoms with Crippen LogP contribution in [0.15, 0.2) is 23.8 Å². The standard InChI is InChI=1S/C32H46O8/c1-17(33)40-27(2,3)13-12-23(36)32(9,39)25-21(35)15-29(6)22-11-10-18-19(14-20(34)26(38)28(18,4)5)31(22,8)24(37)16-30(25,29)7/h10,12-13,19-22,25,34-35,39H,11,14-16H2,1-9H3/b13-12+/t19-,20+,21-,22+,25+,29+,30-,31?,32+/m1/s1. The highest BCUT2D eigenvalue weighted by Gasteiger charge is 2.74. The van der Waals surface area contributed by atoms with Crippen LogP contribution in [-0.4, -0.2) is 62.0 Å². The fourth-order valence-electron chi connectivity index (χ4n) is 9.40. The van der Waals surface area contributed by atoms with Gasteiger partial charge < -0.3 is 20.1 Å². The van der Waals surface area contributed by atoms with E-state index in [1.807, 2.05) is 27.7 Å². The lowest BCUT2D eigenvalue weighted by atomic mass is 9.38. The van der Waals surface area contributed by atoms with Gasteiger partial charge in [0.05, 0.1) is 6.10 Å².